The average Bonchev–Trinajstić information content (AvgIpc) is 2.94. The minimum Gasteiger partial charge on any atom is -0.444 e. The monoisotopic (exact) mass is 449 g/mol. The molecular formula is C14H20IN5O2S. The van der Waals surface area contributed by atoms with Crippen LogP contribution in [0.15, 0.2) is 6.20 Å². The summed E-state index contributed by atoms with van der Waals surface area (Å²) in [5.41, 5.74) is -0.445. The summed E-state index contributed by atoms with van der Waals surface area (Å²) in [4.78, 5) is 19.1. The zero-order valence-electron chi connectivity index (χ0n) is 13.4. The smallest absolute Gasteiger partial charge is 0.410 e. The summed E-state index contributed by atoms with van der Waals surface area (Å²) in [5, 5.41) is 8.81. The lowest BCUT2D eigenvalue weighted by atomic mass is 10.1. The van der Waals surface area contributed by atoms with Crippen molar-refractivity contribution in [2.24, 2.45) is 0 Å². The van der Waals surface area contributed by atoms with E-state index in [9.17, 15) is 4.79 Å². The highest BCUT2D eigenvalue weighted by molar-refractivity contribution is 14.1. The molecule has 0 bridgehead atoms. The molecule has 0 radical (unpaired) electrons. The van der Waals surface area contributed by atoms with Gasteiger partial charge in [-0.05, 0) is 56.2 Å². The Balaban J connectivity index is 1.52. The number of piperidine rings is 1. The number of ether oxygens (including phenoxy) is 1. The van der Waals surface area contributed by atoms with Gasteiger partial charge in [0.1, 0.15) is 9.30 Å². The predicted octanol–water partition coefficient (Wildman–Crippen LogP) is 3.21. The first-order chi connectivity index (χ1) is 10.8. The van der Waals surface area contributed by atoms with Crippen LogP contribution in [0.4, 0.5) is 9.93 Å². The largest absolute Gasteiger partial charge is 0.444 e. The number of anilines is 1. The lowest BCUT2D eigenvalue weighted by molar-refractivity contribution is 0.0210. The number of nitrogens with one attached hydrogen (secondary N) is 1. The number of carbonyl (C=O) groups excluding carboxylic acids is 1. The predicted molar refractivity (Wildman–Crippen MR) is 98.0 cm³/mol. The van der Waals surface area contributed by atoms with E-state index in [1.165, 1.54) is 0 Å². The number of rotatable bonds is 2. The second kappa shape index (κ2) is 6.42. The topological polar surface area (TPSA) is 71.8 Å². The van der Waals surface area contributed by atoms with Crippen LogP contribution >= 0.6 is 33.9 Å². The molecule has 0 aliphatic carbocycles. The minimum atomic E-state index is -0.445. The molecule has 0 atom stereocenters. The van der Waals surface area contributed by atoms with E-state index >= 15 is 0 Å². The number of hydrogen-bond donors (Lipinski definition) is 1. The molecule has 0 aromatic carbocycles. The zero-order chi connectivity index (χ0) is 16.6. The highest BCUT2D eigenvalue weighted by Crippen LogP contribution is 2.23. The van der Waals surface area contributed by atoms with Crippen LogP contribution in [0.5, 0.6) is 0 Å². The molecule has 1 saturated heterocycles. The van der Waals surface area contributed by atoms with Crippen molar-refractivity contribution in [1.82, 2.24) is 19.5 Å². The van der Waals surface area contributed by atoms with Crippen LogP contribution < -0.4 is 5.32 Å². The molecule has 2 aromatic heterocycles. The highest BCUT2D eigenvalue weighted by atomic mass is 127. The van der Waals surface area contributed by atoms with E-state index in [-0.39, 0.29) is 6.09 Å². The number of nitrogens with zero attached hydrogens (tertiary/aromatic N) is 4. The van der Waals surface area contributed by atoms with Gasteiger partial charge < -0.3 is 15.0 Å². The van der Waals surface area contributed by atoms with Crippen LogP contribution in [0.3, 0.4) is 0 Å². The Morgan fingerprint density at radius 2 is 2.13 bits per heavy atom. The Kier molecular flexibility index (Phi) is 4.68. The second-order valence-electron chi connectivity index (χ2n) is 6.58. The van der Waals surface area contributed by atoms with Crippen LogP contribution in [0.25, 0.3) is 4.96 Å². The van der Waals surface area contributed by atoms with Crippen molar-refractivity contribution in [3.05, 3.63) is 9.90 Å². The fourth-order valence-corrected chi connectivity index (χ4v) is 3.95. The molecule has 7 nitrogen and oxygen atoms in total. The maximum absolute atomic E-state index is 12.1. The van der Waals surface area contributed by atoms with Gasteiger partial charge in [0, 0.05) is 19.1 Å². The maximum atomic E-state index is 12.1. The van der Waals surface area contributed by atoms with Crippen molar-refractivity contribution in [2.45, 2.75) is 45.3 Å². The Morgan fingerprint density at radius 1 is 1.43 bits per heavy atom. The molecule has 9 heteroatoms. The number of imidazole rings is 1. The van der Waals surface area contributed by atoms with Gasteiger partial charge >= 0.3 is 6.09 Å². The van der Waals surface area contributed by atoms with Crippen LogP contribution in [-0.4, -0.2) is 50.3 Å². The van der Waals surface area contributed by atoms with Gasteiger partial charge in [-0.1, -0.05) is 11.3 Å². The van der Waals surface area contributed by atoms with E-state index in [4.69, 9.17) is 4.74 Å². The molecular weight excluding hydrogens is 429 g/mol. The molecule has 0 saturated carbocycles. The zero-order valence-corrected chi connectivity index (χ0v) is 16.3. The molecule has 3 heterocycles. The van der Waals surface area contributed by atoms with Crippen molar-refractivity contribution in [3.8, 4) is 0 Å². The molecule has 1 N–H and O–H groups in total. The number of carbonyl (C=O) groups is 1. The summed E-state index contributed by atoms with van der Waals surface area (Å²) < 4.78 is 8.15. The van der Waals surface area contributed by atoms with Gasteiger partial charge in [0.2, 0.25) is 10.1 Å². The van der Waals surface area contributed by atoms with E-state index in [2.05, 4.69) is 38.0 Å². The molecule has 23 heavy (non-hydrogen) atoms. The molecule has 1 aliphatic heterocycles. The second-order valence-corrected chi connectivity index (χ2v) is 8.65. The summed E-state index contributed by atoms with van der Waals surface area (Å²) >= 11 is 3.73. The van der Waals surface area contributed by atoms with Crippen molar-refractivity contribution in [2.75, 3.05) is 18.4 Å². The molecule has 3 rings (SSSR count). The van der Waals surface area contributed by atoms with Crippen LogP contribution in [0.2, 0.25) is 0 Å². The van der Waals surface area contributed by atoms with Crippen molar-refractivity contribution < 1.29 is 9.53 Å². The minimum absolute atomic E-state index is 0.224. The quantitative estimate of drug-likeness (QED) is 0.714. The number of halogens is 1. The Morgan fingerprint density at radius 3 is 2.74 bits per heavy atom. The van der Waals surface area contributed by atoms with Crippen molar-refractivity contribution in [1.29, 1.82) is 0 Å². The third-order valence-electron chi connectivity index (χ3n) is 3.49. The number of hydrogen-bond acceptors (Lipinski definition) is 6. The highest BCUT2D eigenvalue weighted by Gasteiger charge is 2.27. The summed E-state index contributed by atoms with van der Waals surface area (Å²) in [6.45, 7) is 7.07. The molecule has 0 unspecified atom stereocenters. The van der Waals surface area contributed by atoms with E-state index in [0.29, 0.717) is 19.1 Å². The molecule has 0 spiro atoms. The molecule has 126 valence electrons. The first kappa shape index (κ1) is 16.7. The first-order valence-electron chi connectivity index (χ1n) is 7.56. The fourth-order valence-electron chi connectivity index (χ4n) is 2.44. The average molecular weight is 449 g/mol. The third kappa shape index (κ3) is 4.25. The maximum Gasteiger partial charge on any atom is 0.410 e. The van der Waals surface area contributed by atoms with E-state index < -0.39 is 5.60 Å². The SMILES string of the molecule is CC(C)(C)OC(=O)N1CCC(Nc2nn3cc(I)nc3s2)CC1. The van der Waals surface area contributed by atoms with Gasteiger partial charge in [0.05, 0.1) is 6.20 Å². The lowest BCUT2D eigenvalue weighted by Gasteiger charge is -2.33. The number of likely N-dealkylation sites (tertiary alicyclic amines) is 1. The molecule has 1 aliphatic rings. The fraction of sp³-hybridized carbons (Fsp3) is 0.643. The molecule has 2 aromatic rings. The van der Waals surface area contributed by atoms with Gasteiger partial charge in [-0.25, -0.2) is 14.3 Å². The standard InChI is InChI=1S/C14H20IN5O2S/c1-14(2,3)22-13(21)19-6-4-9(5-7-19)16-11-18-20-8-10(15)17-12(20)23-11/h8-9H,4-7H2,1-3H3,(H,16,18). The van der Waals surface area contributed by atoms with Gasteiger partial charge in [0.15, 0.2) is 0 Å². The molecule has 1 amide bonds. The third-order valence-corrected chi connectivity index (χ3v) is 4.86. The Hall–Kier alpha value is -1.10. The summed E-state index contributed by atoms with van der Waals surface area (Å²) in [6.07, 6.45) is 3.46. The van der Waals surface area contributed by atoms with E-state index in [1.54, 1.807) is 20.8 Å². The van der Waals surface area contributed by atoms with Gasteiger partial charge in [-0.2, -0.15) is 0 Å². The van der Waals surface area contributed by atoms with Crippen molar-refractivity contribution >= 4 is 50.1 Å². The summed E-state index contributed by atoms with van der Waals surface area (Å²) in [7, 11) is 0. The summed E-state index contributed by atoms with van der Waals surface area (Å²) in [6, 6.07) is 0.323. The van der Waals surface area contributed by atoms with Gasteiger partial charge in [-0.15, -0.1) is 5.10 Å². The number of amides is 1. The van der Waals surface area contributed by atoms with E-state index in [0.717, 1.165) is 26.6 Å². The lowest BCUT2D eigenvalue weighted by Crippen LogP contribution is -2.44. The van der Waals surface area contributed by atoms with Gasteiger partial charge in [-0.3, -0.25) is 0 Å². The Labute approximate surface area is 152 Å². The van der Waals surface area contributed by atoms with E-state index in [1.807, 2.05) is 27.0 Å². The molecule has 1 fully saturated rings. The number of aromatic nitrogens is 3. The summed E-state index contributed by atoms with van der Waals surface area (Å²) in [5.74, 6) is 0. The van der Waals surface area contributed by atoms with Crippen LogP contribution in [0.1, 0.15) is 33.6 Å². The van der Waals surface area contributed by atoms with Crippen LogP contribution in [-0.2, 0) is 4.74 Å². The first-order valence-corrected chi connectivity index (χ1v) is 9.46. The van der Waals surface area contributed by atoms with Crippen molar-refractivity contribution in [3.63, 3.8) is 0 Å². The van der Waals surface area contributed by atoms with Gasteiger partial charge in [0.25, 0.3) is 0 Å². The normalized spacial score (nSPS) is 16.8. The Bertz CT molecular complexity index is 668. The number of fused-ring (bicyclic) bond motifs is 1. The van der Waals surface area contributed by atoms with Crippen LogP contribution in [0, 0.1) is 3.70 Å².